The van der Waals surface area contributed by atoms with Crippen molar-refractivity contribution in [2.45, 2.75) is 6.10 Å². The molecular formula is C16H12FNO3. The SMILES string of the molecule is Fc1ccc2c(-c3cccc(OC[C@H]4CO4)c3)onc2c1. The summed E-state index contributed by atoms with van der Waals surface area (Å²) in [5, 5.41) is 4.67. The van der Waals surface area contributed by atoms with Crippen LogP contribution in [0.2, 0.25) is 0 Å². The Morgan fingerprint density at radius 2 is 2.14 bits per heavy atom. The third-order valence-corrected chi connectivity index (χ3v) is 3.37. The van der Waals surface area contributed by atoms with Crippen LogP contribution in [-0.2, 0) is 4.74 Å². The first-order valence-electron chi connectivity index (χ1n) is 6.69. The van der Waals surface area contributed by atoms with Crippen molar-refractivity contribution in [3.63, 3.8) is 0 Å². The van der Waals surface area contributed by atoms with Gasteiger partial charge in [-0.1, -0.05) is 17.3 Å². The zero-order valence-electron chi connectivity index (χ0n) is 11.1. The molecule has 1 atom stereocenters. The Morgan fingerprint density at radius 3 is 3.00 bits per heavy atom. The number of nitrogens with zero attached hydrogens (tertiary/aromatic N) is 1. The smallest absolute Gasteiger partial charge is 0.174 e. The Labute approximate surface area is 120 Å². The van der Waals surface area contributed by atoms with E-state index in [9.17, 15) is 4.39 Å². The fourth-order valence-electron chi connectivity index (χ4n) is 2.21. The summed E-state index contributed by atoms with van der Waals surface area (Å²) in [5.41, 5.74) is 1.35. The van der Waals surface area contributed by atoms with E-state index in [-0.39, 0.29) is 11.9 Å². The highest BCUT2D eigenvalue weighted by molar-refractivity contribution is 5.91. The monoisotopic (exact) mass is 285 g/mol. The van der Waals surface area contributed by atoms with E-state index in [0.717, 1.165) is 23.3 Å². The summed E-state index contributed by atoms with van der Waals surface area (Å²) in [5.74, 6) is 1.02. The minimum atomic E-state index is -0.330. The second-order valence-corrected chi connectivity index (χ2v) is 4.97. The van der Waals surface area contributed by atoms with Crippen LogP contribution in [0.5, 0.6) is 5.75 Å². The molecule has 0 unspecified atom stereocenters. The number of fused-ring (bicyclic) bond motifs is 1. The van der Waals surface area contributed by atoms with Crippen LogP contribution in [0.1, 0.15) is 0 Å². The van der Waals surface area contributed by atoms with E-state index in [1.165, 1.54) is 12.1 Å². The van der Waals surface area contributed by atoms with E-state index < -0.39 is 0 Å². The van der Waals surface area contributed by atoms with E-state index in [1.807, 2.05) is 24.3 Å². The van der Waals surface area contributed by atoms with Crippen LogP contribution in [0.15, 0.2) is 47.0 Å². The fourth-order valence-corrected chi connectivity index (χ4v) is 2.21. The maximum absolute atomic E-state index is 13.2. The standard InChI is InChI=1S/C16H12FNO3/c17-11-4-5-14-15(7-11)18-21-16(14)10-2-1-3-12(6-10)19-8-13-9-20-13/h1-7,13H,8-9H2/t13-/m0/s1. The third kappa shape index (κ3) is 2.48. The predicted octanol–water partition coefficient (Wildman–Crippen LogP) is 3.41. The summed E-state index contributed by atoms with van der Waals surface area (Å²) in [6.45, 7) is 1.31. The van der Waals surface area contributed by atoms with Crippen molar-refractivity contribution in [2.75, 3.05) is 13.2 Å². The van der Waals surface area contributed by atoms with Crippen LogP contribution < -0.4 is 4.74 Å². The van der Waals surface area contributed by atoms with Gasteiger partial charge in [0.25, 0.3) is 0 Å². The lowest BCUT2D eigenvalue weighted by Crippen LogP contribution is -2.03. The minimum absolute atomic E-state index is 0.211. The van der Waals surface area contributed by atoms with Gasteiger partial charge >= 0.3 is 0 Å². The normalized spacial score (nSPS) is 17.1. The Hall–Kier alpha value is -2.40. The first kappa shape index (κ1) is 12.3. The lowest BCUT2D eigenvalue weighted by Gasteiger charge is -2.05. The largest absolute Gasteiger partial charge is 0.491 e. The number of halogens is 1. The van der Waals surface area contributed by atoms with E-state index in [2.05, 4.69) is 5.16 Å². The van der Waals surface area contributed by atoms with Gasteiger partial charge in [0.15, 0.2) is 5.76 Å². The first-order valence-corrected chi connectivity index (χ1v) is 6.69. The molecule has 0 amide bonds. The van der Waals surface area contributed by atoms with Crippen LogP contribution in [0.4, 0.5) is 4.39 Å². The van der Waals surface area contributed by atoms with Gasteiger partial charge < -0.3 is 14.0 Å². The molecule has 1 saturated heterocycles. The highest BCUT2D eigenvalue weighted by Crippen LogP contribution is 2.31. The van der Waals surface area contributed by atoms with Gasteiger partial charge in [-0.25, -0.2) is 4.39 Å². The van der Waals surface area contributed by atoms with Gasteiger partial charge in [-0.15, -0.1) is 0 Å². The first-order chi connectivity index (χ1) is 10.3. The molecule has 0 aliphatic carbocycles. The van der Waals surface area contributed by atoms with Crippen molar-refractivity contribution >= 4 is 10.9 Å². The molecule has 1 aromatic heterocycles. The summed E-state index contributed by atoms with van der Waals surface area (Å²) in [6.07, 6.45) is 0.211. The van der Waals surface area contributed by atoms with Gasteiger partial charge in [0.05, 0.1) is 6.61 Å². The highest BCUT2D eigenvalue weighted by Gasteiger charge is 2.23. The summed E-state index contributed by atoms with van der Waals surface area (Å²) in [6, 6.07) is 12.0. The lowest BCUT2D eigenvalue weighted by atomic mass is 10.1. The Kier molecular flexibility index (Phi) is 2.86. The molecule has 21 heavy (non-hydrogen) atoms. The molecule has 1 aliphatic heterocycles. The molecule has 0 bridgehead atoms. The molecular weight excluding hydrogens is 273 g/mol. The molecule has 2 heterocycles. The molecule has 4 rings (SSSR count). The van der Waals surface area contributed by atoms with Gasteiger partial charge in [0.1, 0.15) is 29.8 Å². The summed E-state index contributed by atoms with van der Waals surface area (Å²) >= 11 is 0. The van der Waals surface area contributed by atoms with Crippen molar-refractivity contribution in [1.82, 2.24) is 5.16 Å². The number of aromatic nitrogens is 1. The van der Waals surface area contributed by atoms with Crippen molar-refractivity contribution in [3.8, 4) is 17.1 Å². The zero-order chi connectivity index (χ0) is 14.2. The van der Waals surface area contributed by atoms with E-state index in [1.54, 1.807) is 6.07 Å². The maximum Gasteiger partial charge on any atom is 0.174 e. The number of ether oxygens (including phenoxy) is 2. The average molecular weight is 285 g/mol. The van der Waals surface area contributed by atoms with Crippen molar-refractivity contribution in [1.29, 1.82) is 0 Å². The Balaban J connectivity index is 1.68. The van der Waals surface area contributed by atoms with Crippen LogP contribution in [0.3, 0.4) is 0 Å². The lowest BCUT2D eigenvalue weighted by molar-refractivity contribution is 0.263. The predicted molar refractivity (Wildman–Crippen MR) is 74.6 cm³/mol. The fraction of sp³-hybridized carbons (Fsp3) is 0.188. The topological polar surface area (TPSA) is 47.8 Å². The Bertz CT molecular complexity index is 795. The van der Waals surface area contributed by atoms with Crippen LogP contribution in [0.25, 0.3) is 22.2 Å². The highest BCUT2D eigenvalue weighted by atomic mass is 19.1. The molecule has 0 spiro atoms. The number of hydrogen-bond donors (Lipinski definition) is 0. The molecule has 0 saturated carbocycles. The van der Waals surface area contributed by atoms with Crippen LogP contribution in [0, 0.1) is 5.82 Å². The summed E-state index contributed by atoms with van der Waals surface area (Å²) < 4.78 is 29.3. The quantitative estimate of drug-likeness (QED) is 0.689. The second kappa shape index (κ2) is 4.86. The number of rotatable bonds is 4. The summed E-state index contributed by atoms with van der Waals surface area (Å²) in [4.78, 5) is 0. The second-order valence-electron chi connectivity index (χ2n) is 4.97. The van der Waals surface area contributed by atoms with Crippen LogP contribution >= 0.6 is 0 Å². The number of hydrogen-bond acceptors (Lipinski definition) is 4. The van der Waals surface area contributed by atoms with Gasteiger partial charge in [-0.2, -0.15) is 0 Å². The molecule has 3 aromatic rings. The van der Waals surface area contributed by atoms with E-state index >= 15 is 0 Å². The maximum atomic E-state index is 13.2. The zero-order valence-corrected chi connectivity index (χ0v) is 11.1. The molecule has 2 aromatic carbocycles. The molecule has 0 radical (unpaired) electrons. The van der Waals surface area contributed by atoms with Crippen molar-refractivity contribution < 1.29 is 18.4 Å². The molecule has 0 N–H and O–H groups in total. The molecule has 106 valence electrons. The van der Waals surface area contributed by atoms with Gasteiger partial charge in [-0.05, 0) is 24.3 Å². The molecule has 1 fully saturated rings. The van der Waals surface area contributed by atoms with Crippen molar-refractivity contribution in [2.24, 2.45) is 0 Å². The third-order valence-electron chi connectivity index (χ3n) is 3.37. The van der Waals surface area contributed by atoms with Gasteiger partial charge in [-0.3, -0.25) is 0 Å². The number of epoxide rings is 1. The van der Waals surface area contributed by atoms with E-state index in [4.69, 9.17) is 14.0 Å². The molecule has 4 nitrogen and oxygen atoms in total. The summed E-state index contributed by atoms with van der Waals surface area (Å²) in [7, 11) is 0. The average Bonchev–Trinajstić information content (AvgIpc) is 3.24. The number of benzene rings is 2. The van der Waals surface area contributed by atoms with Crippen LogP contribution in [-0.4, -0.2) is 24.5 Å². The molecule has 1 aliphatic rings. The van der Waals surface area contributed by atoms with Crippen molar-refractivity contribution in [3.05, 3.63) is 48.3 Å². The van der Waals surface area contributed by atoms with Gasteiger partial charge in [0.2, 0.25) is 0 Å². The van der Waals surface area contributed by atoms with E-state index in [0.29, 0.717) is 17.9 Å². The minimum Gasteiger partial charge on any atom is -0.491 e. The molecule has 5 heteroatoms. The van der Waals surface area contributed by atoms with Gasteiger partial charge in [0, 0.05) is 17.0 Å². The Morgan fingerprint density at radius 1 is 1.24 bits per heavy atom.